The van der Waals surface area contributed by atoms with Gasteiger partial charge in [0.05, 0.1) is 12.8 Å². The van der Waals surface area contributed by atoms with E-state index in [1.807, 2.05) is 49.4 Å². The molecule has 0 saturated carbocycles. The summed E-state index contributed by atoms with van der Waals surface area (Å²) in [7, 11) is 1.61. The maximum absolute atomic E-state index is 6.14. The number of benzene rings is 2. The highest BCUT2D eigenvalue weighted by Gasteiger charge is 2.12. The zero-order valence-corrected chi connectivity index (χ0v) is 13.1. The van der Waals surface area contributed by atoms with E-state index in [4.69, 9.17) is 21.1 Å². The highest BCUT2D eigenvalue weighted by molar-refractivity contribution is 6.34. The lowest BCUT2D eigenvalue weighted by molar-refractivity contribution is 0.285. The number of fused-ring (bicyclic) bond motifs is 1. The number of hydrogen-bond acceptors (Lipinski definition) is 4. The lowest BCUT2D eigenvalue weighted by atomic mass is 10.1. The van der Waals surface area contributed by atoms with Gasteiger partial charge in [0.15, 0.2) is 16.7 Å². The zero-order valence-electron chi connectivity index (χ0n) is 12.3. The van der Waals surface area contributed by atoms with Gasteiger partial charge in [0.25, 0.3) is 0 Å². The molecule has 0 aliphatic carbocycles. The van der Waals surface area contributed by atoms with E-state index in [2.05, 4.69) is 10.2 Å². The topological polar surface area (TPSA) is 44.2 Å². The van der Waals surface area contributed by atoms with Gasteiger partial charge in [0.2, 0.25) is 0 Å². The molecular formula is C17H15ClN2O2. The molecule has 0 fully saturated rings. The van der Waals surface area contributed by atoms with Gasteiger partial charge in [-0.2, -0.15) is 5.10 Å². The molecule has 0 N–H and O–H groups in total. The first-order valence-electron chi connectivity index (χ1n) is 6.86. The Bertz CT molecular complexity index is 807. The van der Waals surface area contributed by atoms with Crippen LogP contribution >= 0.6 is 11.6 Å². The van der Waals surface area contributed by atoms with Crippen LogP contribution in [0.15, 0.2) is 42.5 Å². The maximum atomic E-state index is 6.14. The quantitative estimate of drug-likeness (QED) is 0.724. The Hall–Kier alpha value is -2.33. The van der Waals surface area contributed by atoms with Gasteiger partial charge in [0.1, 0.15) is 6.61 Å². The van der Waals surface area contributed by atoms with E-state index in [0.717, 1.165) is 22.0 Å². The largest absolute Gasteiger partial charge is 0.493 e. The van der Waals surface area contributed by atoms with Crippen LogP contribution in [-0.2, 0) is 6.61 Å². The van der Waals surface area contributed by atoms with Gasteiger partial charge in [-0.3, -0.25) is 0 Å². The molecule has 3 aromatic rings. The minimum atomic E-state index is 0.354. The summed E-state index contributed by atoms with van der Waals surface area (Å²) < 4.78 is 11.3. The fourth-order valence-corrected chi connectivity index (χ4v) is 2.46. The molecule has 1 heterocycles. The van der Waals surface area contributed by atoms with Crippen molar-refractivity contribution in [2.45, 2.75) is 13.5 Å². The van der Waals surface area contributed by atoms with Crippen molar-refractivity contribution >= 4 is 22.4 Å². The normalized spacial score (nSPS) is 10.7. The van der Waals surface area contributed by atoms with Crippen LogP contribution in [0.2, 0.25) is 5.15 Å². The lowest BCUT2D eigenvalue weighted by Crippen LogP contribution is -1.99. The van der Waals surface area contributed by atoms with Gasteiger partial charge in [0, 0.05) is 10.8 Å². The Morgan fingerprint density at radius 2 is 1.73 bits per heavy atom. The average molecular weight is 315 g/mol. The molecule has 3 rings (SSSR count). The number of aryl methyl sites for hydroxylation is 1. The molecule has 0 atom stereocenters. The van der Waals surface area contributed by atoms with Crippen molar-refractivity contribution in [1.82, 2.24) is 10.2 Å². The Morgan fingerprint density at radius 1 is 1.00 bits per heavy atom. The van der Waals surface area contributed by atoms with Crippen molar-refractivity contribution in [3.05, 3.63) is 58.9 Å². The molecule has 1 aromatic heterocycles. The second kappa shape index (κ2) is 6.20. The van der Waals surface area contributed by atoms with Crippen LogP contribution in [0.3, 0.4) is 0 Å². The summed E-state index contributed by atoms with van der Waals surface area (Å²) in [6.07, 6.45) is 0. The van der Waals surface area contributed by atoms with Crippen LogP contribution in [0.25, 0.3) is 10.8 Å². The highest BCUT2D eigenvalue weighted by Crippen LogP contribution is 2.35. The van der Waals surface area contributed by atoms with Gasteiger partial charge in [-0.1, -0.05) is 41.9 Å². The number of nitrogens with zero attached hydrogens (tertiary/aromatic N) is 2. The summed E-state index contributed by atoms with van der Waals surface area (Å²) >= 11 is 6.14. The first-order valence-corrected chi connectivity index (χ1v) is 7.24. The standard InChI is InChI=1S/C17H15ClN2O2/c1-11-13-8-15(21-2)16(9-14(13)17(18)20-19-11)22-10-12-6-4-3-5-7-12/h3-9H,10H2,1-2H3. The van der Waals surface area contributed by atoms with Gasteiger partial charge in [-0.05, 0) is 24.6 Å². The fraction of sp³-hybridized carbons (Fsp3) is 0.176. The molecule has 4 nitrogen and oxygen atoms in total. The minimum absolute atomic E-state index is 0.354. The molecule has 112 valence electrons. The number of halogens is 1. The lowest BCUT2D eigenvalue weighted by Gasteiger charge is -2.13. The molecular weight excluding hydrogens is 300 g/mol. The third kappa shape index (κ3) is 2.83. The van der Waals surface area contributed by atoms with Crippen molar-refractivity contribution in [2.75, 3.05) is 7.11 Å². The van der Waals surface area contributed by atoms with Crippen LogP contribution in [-0.4, -0.2) is 17.3 Å². The van der Waals surface area contributed by atoms with E-state index in [0.29, 0.717) is 23.3 Å². The smallest absolute Gasteiger partial charge is 0.162 e. The van der Waals surface area contributed by atoms with Crippen LogP contribution in [0.1, 0.15) is 11.3 Å². The first-order chi connectivity index (χ1) is 10.7. The Balaban J connectivity index is 1.99. The fourth-order valence-electron chi connectivity index (χ4n) is 2.26. The first kappa shape index (κ1) is 14.6. The van der Waals surface area contributed by atoms with E-state index in [1.165, 1.54) is 0 Å². The monoisotopic (exact) mass is 314 g/mol. The van der Waals surface area contributed by atoms with Gasteiger partial charge < -0.3 is 9.47 Å². The molecule has 2 aromatic carbocycles. The van der Waals surface area contributed by atoms with E-state index in [1.54, 1.807) is 7.11 Å². The molecule has 5 heteroatoms. The van der Waals surface area contributed by atoms with Gasteiger partial charge in [-0.25, -0.2) is 0 Å². The number of hydrogen-bond donors (Lipinski definition) is 0. The summed E-state index contributed by atoms with van der Waals surface area (Å²) in [6.45, 7) is 2.34. The third-order valence-corrected chi connectivity index (χ3v) is 3.72. The molecule has 0 amide bonds. The number of aromatic nitrogens is 2. The van der Waals surface area contributed by atoms with Crippen molar-refractivity contribution in [3.63, 3.8) is 0 Å². The second-order valence-electron chi connectivity index (χ2n) is 4.90. The van der Waals surface area contributed by atoms with E-state index in [9.17, 15) is 0 Å². The Morgan fingerprint density at radius 3 is 2.45 bits per heavy atom. The van der Waals surface area contributed by atoms with Crippen molar-refractivity contribution in [2.24, 2.45) is 0 Å². The Labute approximate surface area is 133 Å². The molecule has 0 aliphatic rings. The molecule has 0 spiro atoms. The van der Waals surface area contributed by atoms with E-state index >= 15 is 0 Å². The molecule has 22 heavy (non-hydrogen) atoms. The molecule has 0 radical (unpaired) electrons. The summed E-state index contributed by atoms with van der Waals surface area (Å²) in [5.41, 5.74) is 1.88. The summed E-state index contributed by atoms with van der Waals surface area (Å²) in [6, 6.07) is 13.7. The summed E-state index contributed by atoms with van der Waals surface area (Å²) in [4.78, 5) is 0. The second-order valence-corrected chi connectivity index (χ2v) is 5.26. The number of methoxy groups -OCH3 is 1. The predicted molar refractivity (Wildman–Crippen MR) is 86.6 cm³/mol. The number of ether oxygens (including phenoxy) is 2. The van der Waals surface area contributed by atoms with Crippen LogP contribution in [0, 0.1) is 6.92 Å². The highest BCUT2D eigenvalue weighted by atomic mass is 35.5. The number of rotatable bonds is 4. The van der Waals surface area contributed by atoms with Crippen molar-refractivity contribution < 1.29 is 9.47 Å². The maximum Gasteiger partial charge on any atom is 0.162 e. The molecule has 0 unspecified atom stereocenters. The van der Waals surface area contributed by atoms with E-state index < -0.39 is 0 Å². The molecule has 0 bridgehead atoms. The SMILES string of the molecule is COc1cc2c(C)nnc(Cl)c2cc1OCc1ccccc1. The molecule has 0 saturated heterocycles. The summed E-state index contributed by atoms with van der Waals surface area (Å²) in [5.74, 6) is 1.28. The van der Waals surface area contributed by atoms with Crippen LogP contribution in [0.4, 0.5) is 0 Å². The van der Waals surface area contributed by atoms with Gasteiger partial charge >= 0.3 is 0 Å². The van der Waals surface area contributed by atoms with Crippen LogP contribution < -0.4 is 9.47 Å². The Kier molecular flexibility index (Phi) is 4.11. The van der Waals surface area contributed by atoms with Crippen molar-refractivity contribution in [3.8, 4) is 11.5 Å². The van der Waals surface area contributed by atoms with Gasteiger partial charge in [-0.15, -0.1) is 5.10 Å². The minimum Gasteiger partial charge on any atom is -0.493 e. The summed E-state index contributed by atoms with van der Waals surface area (Å²) in [5, 5.41) is 10.0. The third-order valence-electron chi connectivity index (χ3n) is 3.44. The van der Waals surface area contributed by atoms with Crippen molar-refractivity contribution in [1.29, 1.82) is 0 Å². The zero-order chi connectivity index (χ0) is 15.5. The van der Waals surface area contributed by atoms with Crippen LogP contribution in [0.5, 0.6) is 11.5 Å². The van der Waals surface area contributed by atoms with E-state index in [-0.39, 0.29) is 0 Å². The molecule has 0 aliphatic heterocycles. The predicted octanol–water partition coefficient (Wildman–Crippen LogP) is 4.18. The average Bonchev–Trinajstić information content (AvgIpc) is 2.56.